The molecule has 1 aliphatic heterocycles. The van der Waals surface area contributed by atoms with Gasteiger partial charge >= 0.3 is 0 Å². The number of halogens is 2. The van der Waals surface area contributed by atoms with E-state index in [0.29, 0.717) is 37.4 Å². The summed E-state index contributed by atoms with van der Waals surface area (Å²) in [5, 5.41) is 3.74. The molecule has 3 aromatic rings. The second kappa shape index (κ2) is 8.09. The molecule has 0 radical (unpaired) electrons. The van der Waals surface area contributed by atoms with Crippen molar-refractivity contribution in [3.8, 4) is 0 Å². The smallest absolute Gasteiger partial charge is 0.292 e. The van der Waals surface area contributed by atoms with Gasteiger partial charge in [0.25, 0.3) is 5.91 Å². The largest absolute Gasteiger partial charge is 0.351 e. The average molecular weight is 431 g/mol. The number of aromatic nitrogens is 3. The highest BCUT2D eigenvalue weighted by molar-refractivity contribution is 5.92. The van der Waals surface area contributed by atoms with Gasteiger partial charge < -0.3 is 18.9 Å². The summed E-state index contributed by atoms with van der Waals surface area (Å²) < 4.78 is 34.0. The van der Waals surface area contributed by atoms with E-state index in [0.717, 1.165) is 12.1 Å². The van der Waals surface area contributed by atoms with E-state index >= 15 is 0 Å². The molecule has 1 aliphatic rings. The van der Waals surface area contributed by atoms with Crippen LogP contribution in [0, 0.1) is 24.5 Å². The number of benzene rings is 1. The van der Waals surface area contributed by atoms with Crippen LogP contribution in [0.3, 0.4) is 0 Å². The quantitative estimate of drug-likeness (QED) is 0.634. The van der Waals surface area contributed by atoms with E-state index in [1.54, 1.807) is 27.4 Å². The summed E-state index contributed by atoms with van der Waals surface area (Å²) in [6, 6.07) is 3.05. The molecular weight excluding hydrogens is 408 g/mol. The molecule has 1 aromatic carbocycles. The maximum atomic E-state index is 13.8. The molecule has 10 heteroatoms. The highest BCUT2D eigenvalue weighted by Gasteiger charge is 2.33. The minimum absolute atomic E-state index is 0.116. The first-order valence-electron chi connectivity index (χ1n) is 10.1. The Balaban J connectivity index is 1.51. The van der Waals surface area contributed by atoms with Crippen molar-refractivity contribution in [2.24, 2.45) is 5.92 Å². The molecule has 2 amide bonds. The number of rotatable bonds is 4. The molecular formula is C21H23F2N5O3. The van der Waals surface area contributed by atoms with Crippen LogP contribution < -0.4 is 0 Å². The molecule has 0 N–H and O–H groups in total. The molecule has 0 spiro atoms. The molecule has 1 atom stereocenters. The Labute approximate surface area is 177 Å². The van der Waals surface area contributed by atoms with Crippen molar-refractivity contribution in [2.75, 3.05) is 26.2 Å². The average Bonchev–Trinajstić information content (AvgIpc) is 3.34. The van der Waals surface area contributed by atoms with Crippen LogP contribution in [0.5, 0.6) is 0 Å². The highest BCUT2D eigenvalue weighted by atomic mass is 19.2. The third kappa shape index (κ3) is 3.89. The Morgan fingerprint density at radius 3 is 2.29 bits per heavy atom. The van der Waals surface area contributed by atoms with Crippen molar-refractivity contribution in [2.45, 2.75) is 26.8 Å². The fourth-order valence-electron chi connectivity index (χ4n) is 3.91. The van der Waals surface area contributed by atoms with Crippen molar-refractivity contribution in [3.63, 3.8) is 0 Å². The molecule has 0 aliphatic carbocycles. The number of hydrogen-bond donors (Lipinski definition) is 0. The van der Waals surface area contributed by atoms with Crippen molar-refractivity contribution in [1.82, 2.24) is 24.5 Å². The Morgan fingerprint density at radius 1 is 1.03 bits per heavy atom. The van der Waals surface area contributed by atoms with Crippen molar-refractivity contribution < 1.29 is 22.9 Å². The Bertz CT molecular complexity index is 1130. The van der Waals surface area contributed by atoms with Gasteiger partial charge in [0.05, 0.1) is 23.1 Å². The SMILES string of the molecule is Cc1cc(C(=O)N2CCN(C(=O)C(C(C)C)n3cnc4cc(F)c(F)cc43)CC2)on1. The van der Waals surface area contributed by atoms with Gasteiger partial charge in [-0.3, -0.25) is 9.59 Å². The van der Waals surface area contributed by atoms with E-state index < -0.39 is 17.7 Å². The number of hydrogen-bond acceptors (Lipinski definition) is 5. The highest BCUT2D eigenvalue weighted by Crippen LogP contribution is 2.27. The van der Waals surface area contributed by atoms with Gasteiger partial charge in [0, 0.05) is 44.4 Å². The van der Waals surface area contributed by atoms with E-state index in [1.807, 2.05) is 13.8 Å². The van der Waals surface area contributed by atoms with Crippen LogP contribution in [0.4, 0.5) is 8.78 Å². The molecule has 2 aromatic heterocycles. The summed E-state index contributed by atoms with van der Waals surface area (Å²) in [5.74, 6) is -2.31. The van der Waals surface area contributed by atoms with Gasteiger partial charge in [0.2, 0.25) is 11.7 Å². The Morgan fingerprint density at radius 2 is 1.68 bits per heavy atom. The zero-order valence-corrected chi connectivity index (χ0v) is 17.5. The van der Waals surface area contributed by atoms with Crippen LogP contribution in [0.25, 0.3) is 11.0 Å². The lowest BCUT2D eigenvalue weighted by Gasteiger charge is -2.37. The fraction of sp³-hybridized carbons (Fsp3) is 0.429. The van der Waals surface area contributed by atoms with Gasteiger partial charge in [-0.05, 0) is 12.8 Å². The van der Waals surface area contributed by atoms with Gasteiger partial charge in [-0.15, -0.1) is 0 Å². The number of imidazole rings is 1. The normalized spacial score (nSPS) is 15.7. The van der Waals surface area contributed by atoms with Gasteiger partial charge in [0.1, 0.15) is 6.04 Å². The summed E-state index contributed by atoms with van der Waals surface area (Å²) >= 11 is 0. The maximum Gasteiger partial charge on any atom is 0.292 e. The van der Waals surface area contributed by atoms with Crippen LogP contribution in [0.2, 0.25) is 0 Å². The van der Waals surface area contributed by atoms with Gasteiger partial charge in [-0.2, -0.15) is 0 Å². The van der Waals surface area contributed by atoms with Crippen LogP contribution >= 0.6 is 0 Å². The molecule has 0 bridgehead atoms. The Kier molecular flexibility index (Phi) is 5.47. The minimum atomic E-state index is -0.987. The van der Waals surface area contributed by atoms with Crippen molar-refractivity contribution in [3.05, 3.63) is 47.6 Å². The lowest BCUT2D eigenvalue weighted by Crippen LogP contribution is -2.52. The summed E-state index contributed by atoms with van der Waals surface area (Å²) in [5.41, 5.74) is 1.27. The van der Waals surface area contributed by atoms with E-state index in [1.165, 1.54) is 6.33 Å². The third-order valence-corrected chi connectivity index (χ3v) is 5.52. The fourth-order valence-corrected chi connectivity index (χ4v) is 3.91. The van der Waals surface area contributed by atoms with E-state index in [-0.39, 0.29) is 29.0 Å². The molecule has 31 heavy (non-hydrogen) atoms. The van der Waals surface area contributed by atoms with Crippen LogP contribution in [-0.4, -0.2) is 62.5 Å². The van der Waals surface area contributed by atoms with Crippen LogP contribution in [0.1, 0.15) is 36.1 Å². The summed E-state index contributed by atoms with van der Waals surface area (Å²) in [7, 11) is 0. The molecule has 3 heterocycles. The van der Waals surface area contributed by atoms with Gasteiger partial charge in [-0.1, -0.05) is 19.0 Å². The zero-order valence-electron chi connectivity index (χ0n) is 17.5. The molecule has 1 unspecified atom stereocenters. The van der Waals surface area contributed by atoms with Crippen molar-refractivity contribution >= 4 is 22.8 Å². The first-order valence-corrected chi connectivity index (χ1v) is 10.1. The predicted octanol–water partition coefficient (Wildman–Crippen LogP) is 2.79. The summed E-state index contributed by atoms with van der Waals surface area (Å²) in [4.78, 5) is 33.3. The van der Waals surface area contributed by atoms with E-state index in [2.05, 4.69) is 10.1 Å². The van der Waals surface area contributed by atoms with Crippen LogP contribution in [0.15, 0.2) is 29.0 Å². The minimum Gasteiger partial charge on any atom is -0.351 e. The summed E-state index contributed by atoms with van der Waals surface area (Å²) in [6.45, 7) is 6.95. The Hall–Kier alpha value is -3.30. The number of fused-ring (bicyclic) bond motifs is 1. The standard InChI is InChI=1S/C21H23F2N5O3/c1-12(2)19(28-11-24-16-9-14(22)15(23)10-17(16)28)21(30)27-6-4-26(5-7-27)20(29)18-8-13(3)25-31-18/h8-12,19H,4-7H2,1-3H3. The molecule has 4 rings (SSSR count). The second-order valence-corrected chi connectivity index (χ2v) is 8.05. The number of piperazine rings is 1. The number of nitrogens with zero attached hydrogens (tertiary/aromatic N) is 5. The second-order valence-electron chi connectivity index (χ2n) is 8.05. The van der Waals surface area contributed by atoms with Crippen molar-refractivity contribution in [1.29, 1.82) is 0 Å². The summed E-state index contributed by atoms with van der Waals surface area (Å²) in [6.07, 6.45) is 1.44. The topological polar surface area (TPSA) is 84.5 Å². The van der Waals surface area contributed by atoms with E-state index in [9.17, 15) is 18.4 Å². The molecule has 1 fully saturated rings. The molecule has 1 saturated heterocycles. The molecule has 164 valence electrons. The number of carbonyl (C=O) groups excluding carboxylic acids is 2. The number of aryl methyl sites for hydroxylation is 1. The number of carbonyl (C=O) groups is 2. The third-order valence-electron chi connectivity index (χ3n) is 5.52. The first-order chi connectivity index (χ1) is 14.8. The monoisotopic (exact) mass is 431 g/mol. The first kappa shape index (κ1) is 21.0. The predicted molar refractivity (Wildman–Crippen MR) is 107 cm³/mol. The lowest BCUT2D eigenvalue weighted by atomic mass is 10.0. The molecule has 8 nitrogen and oxygen atoms in total. The van der Waals surface area contributed by atoms with Gasteiger partial charge in [-0.25, -0.2) is 13.8 Å². The van der Waals surface area contributed by atoms with E-state index in [4.69, 9.17) is 4.52 Å². The maximum absolute atomic E-state index is 13.8. The van der Waals surface area contributed by atoms with Crippen LogP contribution in [-0.2, 0) is 4.79 Å². The van der Waals surface area contributed by atoms with Gasteiger partial charge in [0.15, 0.2) is 11.6 Å². The lowest BCUT2D eigenvalue weighted by molar-refractivity contribution is -0.137. The number of amides is 2. The molecule has 0 saturated carbocycles. The zero-order chi connectivity index (χ0) is 22.3.